The van der Waals surface area contributed by atoms with Crippen LogP contribution in [0.2, 0.25) is 0 Å². The van der Waals surface area contributed by atoms with Crippen LogP contribution in [-0.2, 0) is 15.0 Å². The van der Waals surface area contributed by atoms with E-state index >= 15 is 0 Å². The van der Waals surface area contributed by atoms with Gasteiger partial charge in [0, 0.05) is 39.0 Å². The first-order valence-electron chi connectivity index (χ1n) is 17.6. The van der Waals surface area contributed by atoms with E-state index in [2.05, 4.69) is 51.9 Å². The number of carbonyl (C=O) groups excluding carboxylic acids is 2. The summed E-state index contributed by atoms with van der Waals surface area (Å²) in [7, 11) is 0. The first-order chi connectivity index (χ1) is 22.1. The third-order valence-electron chi connectivity index (χ3n) is 10.1. The number of benzene rings is 3. The van der Waals surface area contributed by atoms with E-state index in [1.54, 1.807) is 0 Å². The van der Waals surface area contributed by atoms with Gasteiger partial charge in [0.2, 0.25) is 11.8 Å². The molecule has 2 fully saturated rings. The summed E-state index contributed by atoms with van der Waals surface area (Å²) in [5, 5.41) is 6.42. The van der Waals surface area contributed by atoms with Crippen LogP contribution in [0, 0.1) is 11.8 Å². The van der Waals surface area contributed by atoms with Crippen molar-refractivity contribution in [1.29, 1.82) is 0 Å². The average molecular weight is 608 g/mol. The lowest BCUT2D eigenvalue weighted by atomic mass is 9.67. The highest BCUT2D eigenvalue weighted by molar-refractivity contribution is 5.80. The molecule has 0 spiro atoms. The fraction of sp³-hybridized carbons (Fsp3) is 0.500. The van der Waals surface area contributed by atoms with Crippen molar-refractivity contribution in [2.24, 2.45) is 11.8 Å². The van der Waals surface area contributed by atoms with Crippen LogP contribution in [0.1, 0.15) is 93.7 Å². The Bertz CT molecular complexity index is 1190. The van der Waals surface area contributed by atoms with Gasteiger partial charge in [0.1, 0.15) is 0 Å². The van der Waals surface area contributed by atoms with Crippen LogP contribution in [0.15, 0.2) is 91.0 Å². The minimum Gasteiger partial charge on any atom is -0.356 e. The van der Waals surface area contributed by atoms with Crippen molar-refractivity contribution in [2.75, 3.05) is 32.7 Å². The standard InChI is InChI=1S/C40H53N3O2/c44-38(42-30-34-19-16-28-43(32-34)31-33-17-6-1-7-18-33)26-14-5-15-27-41-39(45)29-40(35-20-8-2-9-21-35,36-22-10-3-11-23-36)37-24-12-4-13-25-37/h2-4,8-13,20-25,33-34H,1,5-7,14-19,26-32H2,(H,41,45)(H,42,44)/t34-/m1/s1. The summed E-state index contributed by atoms with van der Waals surface area (Å²) in [5.74, 6) is 1.67. The number of rotatable bonds is 15. The molecule has 2 amide bonds. The van der Waals surface area contributed by atoms with Gasteiger partial charge in [-0.2, -0.15) is 0 Å². The minimum absolute atomic E-state index is 0.0364. The maximum Gasteiger partial charge on any atom is 0.221 e. The fourth-order valence-corrected chi connectivity index (χ4v) is 7.66. The lowest BCUT2D eigenvalue weighted by Gasteiger charge is -2.36. The van der Waals surface area contributed by atoms with Gasteiger partial charge in [-0.05, 0) is 73.6 Å². The van der Waals surface area contributed by atoms with Crippen LogP contribution in [-0.4, -0.2) is 49.4 Å². The molecule has 3 aromatic carbocycles. The largest absolute Gasteiger partial charge is 0.356 e. The molecule has 0 aromatic heterocycles. The molecule has 240 valence electrons. The molecule has 2 N–H and O–H groups in total. The normalized spacial score (nSPS) is 17.9. The molecule has 45 heavy (non-hydrogen) atoms. The Morgan fingerprint density at radius 3 is 1.82 bits per heavy atom. The van der Waals surface area contributed by atoms with Crippen molar-refractivity contribution in [1.82, 2.24) is 15.5 Å². The summed E-state index contributed by atoms with van der Waals surface area (Å²) < 4.78 is 0. The Labute approximate surface area is 271 Å². The number of likely N-dealkylation sites (tertiary alicyclic amines) is 1. The number of unbranched alkanes of at least 4 members (excludes halogenated alkanes) is 2. The van der Waals surface area contributed by atoms with E-state index in [0.717, 1.165) is 55.0 Å². The SMILES string of the molecule is O=C(CCCCCNC(=O)CC(c1ccccc1)(c1ccccc1)c1ccccc1)NC[C@H]1CCCN(CC2CCCCC2)C1. The molecule has 1 atom stereocenters. The molecule has 3 aromatic rings. The second kappa shape index (κ2) is 17.3. The quantitative estimate of drug-likeness (QED) is 0.139. The Balaban J connectivity index is 1.04. The highest BCUT2D eigenvalue weighted by Crippen LogP contribution is 2.42. The van der Waals surface area contributed by atoms with Crippen LogP contribution in [0.5, 0.6) is 0 Å². The Hall–Kier alpha value is -3.44. The second-order valence-electron chi connectivity index (χ2n) is 13.4. The van der Waals surface area contributed by atoms with Gasteiger partial charge in [-0.15, -0.1) is 0 Å². The molecule has 0 radical (unpaired) electrons. The number of amides is 2. The van der Waals surface area contributed by atoms with Crippen molar-refractivity contribution >= 4 is 11.8 Å². The van der Waals surface area contributed by atoms with E-state index in [0.29, 0.717) is 25.3 Å². The number of carbonyl (C=O) groups is 2. The minimum atomic E-state index is -0.586. The Morgan fingerprint density at radius 2 is 1.22 bits per heavy atom. The first kappa shape index (κ1) is 32.9. The van der Waals surface area contributed by atoms with E-state index in [-0.39, 0.29) is 11.8 Å². The third-order valence-corrected chi connectivity index (χ3v) is 10.1. The van der Waals surface area contributed by atoms with Crippen molar-refractivity contribution in [3.63, 3.8) is 0 Å². The molecule has 1 saturated carbocycles. The van der Waals surface area contributed by atoms with Crippen LogP contribution >= 0.6 is 0 Å². The topological polar surface area (TPSA) is 61.4 Å². The average Bonchev–Trinajstić information content (AvgIpc) is 3.09. The van der Waals surface area contributed by atoms with Gasteiger partial charge in [-0.3, -0.25) is 9.59 Å². The predicted octanol–water partition coefficient (Wildman–Crippen LogP) is 7.50. The Morgan fingerprint density at radius 1 is 0.644 bits per heavy atom. The molecule has 0 bridgehead atoms. The molecule has 1 aliphatic carbocycles. The summed E-state index contributed by atoms with van der Waals surface area (Å²) in [5.41, 5.74) is 2.73. The zero-order valence-corrected chi connectivity index (χ0v) is 27.1. The van der Waals surface area contributed by atoms with Gasteiger partial charge in [0.25, 0.3) is 0 Å². The maximum atomic E-state index is 13.5. The van der Waals surface area contributed by atoms with E-state index in [4.69, 9.17) is 0 Å². The second-order valence-corrected chi connectivity index (χ2v) is 13.4. The summed E-state index contributed by atoms with van der Waals surface area (Å²) >= 11 is 0. The molecule has 1 aliphatic heterocycles. The monoisotopic (exact) mass is 607 g/mol. The molecule has 0 unspecified atom stereocenters. The molecule has 5 rings (SSSR count). The van der Waals surface area contributed by atoms with Crippen LogP contribution in [0.25, 0.3) is 0 Å². The van der Waals surface area contributed by atoms with E-state index < -0.39 is 5.41 Å². The fourth-order valence-electron chi connectivity index (χ4n) is 7.66. The first-order valence-corrected chi connectivity index (χ1v) is 17.6. The molecular formula is C40H53N3O2. The molecule has 5 heteroatoms. The van der Waals surface area contributed by atoms with Gasteiger partial charge in [0.05, 0.1) is 5.41 Å². The third kappa shape index (κ3) is 9.53. The molecule has 1 heterocycles. The van der Waals surface area contributed by atoms with Gasteiger partial charge in [0.15, 0.2) is 0 Å². The van der Waals surface area contributed by atoms with Crippen molar-refractivity contribution in [3.05, 3.63) is 108 Å². The number of piperidine rings is 1. The smallest absolute Gasteiger partial charge is 0.221 e. The van der Waals surface area contributed by atoms with E-state index in [1.165, 1.54) is 58.0 Å². The lowest BCUT2D eigenvalue weighted by Crippen LogP contribution is -2.42. The molecule has 1 saturated heterocycles. The number of nitrogens with one attached hydrogen (secondary N) is 2. The maximum absolute atomic E-state index is 13.5. The Kier molecular flexibility index (Phi) is 12.7. The number of hydrogen-bond acceptors (Lipinski definition) is 3. The van der Waals surface area contributed by atoms with Crippen molar-refractivity contribution in [3.8, 4) is 0 Å². The van der Waals surface area contributed by atoms with E-state index in [1.807, 2.05) is 54.6 Å². The van der Waals surface area contributed by atoms with Gasteiger partial charge in [-0.25, -0.2) is 0 Å². The lowest BCUT2D eigenvalue weighted by molar-refractivity contribution is -0.122. The van der Waals surface area contributed by atoms with Crippen molar-refractivity contribution in [2.45, 2.75) is 82.5 Å². The van der Waals surface area contributed by atoms with Gasteiger partial charge >= 0.3 is 0 Å². The van der Waals surface area contributed by atoms with Gasteiger partial charge in [-0.1, -0.05) is 117 Å². The number of hydrogen-bond donors (Lipinski definition) is 2. The summed E-state index contributed by atoms with van der Waals surface area (Å²) in [6.45, 7) is 5.04. The van der Waals surface area contributed by atoms with Crippen LogP contribution in [0.3, 0.4) is 0 Å². The highest BCUT2D eigenvalue weighted by atomic mass is 16.2. The van der Waals surface area contributed by atoms with Crippen LogP contribution < -0.4 is 10.6 Å². The zero-order chi connectivity index (χ0) is 31.2. The molecular weight excluding hydrogens is 554 g/mol. The molecule has 5 nitrogen and oxygen atoms in total. The van der Waals surface area contributed by atoms with Crippen molar-refractivity contribution < 1.29 is 9.59 Å². The highest BCUT2D eigenvalue weighted by Gasteiger charge is 2.38. The van der Waals surface area contributed by atoms with E-state index in [9.17, 15) is 9.59 Å². The zero-order valence-electron chi connectivity index (χ0n) is 27.1. The summed E-state index contributed by atoms with van der Waals surface area (Å²) in [4.78, 5) is 28.8. The number of nitrogens with zero attached hydrogens (tertiary/aromatic N) is 1. The summed E-state index contributed by atoms with van der Waals surface area (Å²) in [6, 6.07) is 31.1. The van der Waals surface area contributed by atoms with Crippen LogP contribution in [0.4, 0.5) is 0 Å². The van der Waals surface area contributed by atoms with Gasteiger partial charge < -0.3 is 15.5 Å². The summed E-state index contributed by atoms with van der Waals surface area (Å²) in [6.07, 6.45) is 13.0. The predicted molar refractivity (Wildman–Crippen MR) is 184 cm³/mol. The molecule has 2 aliphatic rings.